The van der Waals surface area contributed by atoms with Crippen molar-refractivity contribution in [3.63, 3.8) is 0 Å². The summed E-state index contributed by atoms with van der Waals surface area (Å²) in [4.78, 5) is 14.6. The van der Waals surface area contributed by atoms with Gasteiger partial charge in [-0.2, -0.15) is 8.78 Å². The quantitative estimate of drug-likeness (QED) is 0.577. The van der Waals surface area contributed by atoms with Gasteiger partial charge < -0.3 is 9.64 Å². The van der Waals surface area contributed by atoms with Crippen molar-refractivity contribution in [2.24, 2.45) is 5.41 Å². The Morgan fingerprint density at radius 3 is 2.49 bits per heavy atom. The topological polar surface area (TPSA) is 75.7 Å². The Hall–Kier alpha value is -2.50. The molecule has 1 aliphatic carbocycles. The maximum Gasteiger partial charge on any atom is 0.350 e. The van der Waals surface area contributed by atoms with E-state index >= 15 is 4.39 Å². The molecule has 2 aliphatic heterocycles. The normalized spacial score (nSPS) is 25.2. The van der Waals surface area contributed by atoms with Gasteiger partial charge in [0.25, 0.3) is 15.9 Å². The molecule has 188 valence electrons. The van der Waals surface area contributed by atoms with Gasteiger partial charge in [-0.15, -0.1) is 0 Å². The first-order chi connectivity index (χ1) is 16.6. The molecule has 2 saturated heterocycles. The number of hydrogen-bond acceptors (Lipinski definition) is 4. The van der Waals surface area contributed by atoms with Crippen molar-refractivity contribution in [1.29, 1.82) is 0 Å². The van der Waals surface area contributed by atoms with Gasteiger partial charge in [-0.05, 0) is 42.5 Å². The highest BCUT2D eigenvalue weighted by Gasteiger charge is 2.62. The maximum atomic E-state index is 15.6. The SMILES string of the molecule is O=C(C1CCO1)N1CC2(CC2)[C@H](NS(=O)(=O)C(F)F)[C@@H]1Cc1cccc(-c2cccc(F)c2)c1F. The summed E-state index contributed by atoms with van der Waals surface area (Å²) in [5.41, 5.74) is -0.0443. The number of alkyl halides is 2. The number of nitrogens with one attached hydrogen (secondary N) is 1. The molecule has 3 atom stereocenters. The molecule has 35 heavy (non-hydrogen) atoms. The second-order valence-electron chi connectivity index (χ2n) is 9.44. The third-order valence-corrected chi connectivity index (χ3v) is 8.30. The van der Waals surface area contributed by atoms with Crippen LogP contribution in [0.1, 0.15) is 24.8 Å². The predicted octanol–water partition coefficient (Wildman–Crippen LogP) is 3.46. The Kier molecular flexibility index (Phi) is 6.13. The Bertz CT molecular complexity index is 1250. The highest BCUT2D eigenvalue weighted by atomic mass is 32.2. The van der Waals surface area contributed by atoms with Crippen LogP contribution < -0.4 is 4.72 Å². The van der Waals surface area contributed by atoms with Crippen LogP contribution in [0.4, 0.5) is 17.6 Å². The molecule has 1 unspecified atom stereocenters. The summed E-state index contributed by atoms with van der Waals surface area (Å²) in [6.45, 7) is 0.601. The minimum Gasteiger partial charge on any atom is -0.368 e. The van der Waals surface area contributed by atoms with Crippen molar-refractivity contribution in [3.05, 3.63) is 59.7 Å². The van der Waals surface area contributed by atoms with Gasteiger partial charge >= 0.3 is 5.76 Å². The summed E-state index contributed by atoms with van der Waals surface area (Å²) in [5.74, 6) is -5.16. The number of carbonyl (C=O) groups is 1. The summed E-state index contributed by atoms with van der Waals surface area (Å²) in [7, 11) is -4.95. The number of benzene rings is 2. The van der Waals surface area contributed by atoms with Crippen molar-refractivity contribution in [2.45, 2.75) is 49.6 Å². The fraction of sp³-hybridized carbons (Fsp3) is 0.458. The van der Waals surface area contributed by atoms with Crippen molar-refractivity contribution in [3.8, 4) is 11.1 Å². The van der Waals surface area contributed by atoms with Crippen LogP contribution in [0.3, 0.4) is 0 Å². The van der Waals surface area contributed by atoms with Crippen molar-refractivity contribution >= 4 is 15.9 Å². The third-order valence-electron chi connectivity index (χ3n) is 7.25. The minimum atomic E-state index is -4.95. The molecular formula is C24H24F4N2O4S. The number of halogens is 4. The van der Waals surface area contributed by atoms with E-state index in [1.807, 2.05) is 0 Å². The highest BCUT2D eigenvalue weighted by molar-refractivity contribution is 7.89. The van der Waals surface area contributed by atoms with Gasteiger partial charge in [-0.25, -0.2) is 21.9 Å². The summed E-state index contributed by atoms with van der Waals surface area (Å²) in [6.07, 6.45) is 0.835. The third kappa shape index (κ3) is 4.45. The van der Waals surface area contributed by atoms with E-state index in [0.717, 1.165) is 0 Å². The van der Waals surface area contributed by atoms with Crippen molar-refractivity contribution < 1.29 is 35.5 Å². The van der Waals surface area contributed by atoms with Crippen LogP contribution in [0.5, 0.6) is 0 Å². The van der Waals surface area contributed by atoms with E-state index in [9.17, 15) is 26.4 Å². The van der Waals surface area contributed by atoms with Gasteiger partial charge in [0.15, 0.2) is 0 Å². The fourth-order valence-electron chi connectivity index (χ4n) is 5.13. The zero-order valence-corrected chi connectivity index (χ0v) is 19.4. The minimum absolute atomic E-state index is 0.106. The van der Waals surface area contributed by atoms with Crippen LogP contribution in [-0.2, 0) is 26.0 Å². The first-order valence-electron chi connectivity index (χ1n) is 11.4. The average Bonchev–Trinajstić information content (AvgIpc) is 3.49. The molecule has 0 aromatic heterocycles. The molecule has 11 heteroatoms. The number of likely N-dealkylation sites (tertiary alicyclic amines) is 1. The number of hydrogen-bond donors (Lipinski definition) is 1. The molecule has 6 nitrogen and oxygen atoms in total. The Labute approximate surface area is 200 Å². The number of nitrogens with zero attached hydrogens (tertiary/aromatic N) is 1. The summed E-state index contributed by atoms with van der Waals surface area (Å²) in [6, 6.07) is 8.14. The van der Waals surface area contributed by atoms with Gasteiger partial charge in [0, 0.05) is 30.0 Å². The Morgan fingerprint density at radius 2 is 1.89 bits per heavy atom. The predicted molar refractivity (Wildman–Crippen MR) is 119 cm³/mol. The van der Waals surface area contributed by atoms with Gasteiger partial charge in [-0.1, -0.05) is 30.3 Å². The molecular weight excluding hydrogens is 488 g/mol. The molecule has 3 aliphatic rings. The van der Waals surface area contributed by atoms with E-state index < -0.39 is 51.0 Å². The van der Waals surface area contributed by atoms with Crippen molar-refractivity contribution in [2.75, 3.05) is 13.2 Å². The molecule has 0 radical (unpaired) electrons. The summed E-state index contributed by atoms with van der Waals surface area (Å²) < 4.78 is 87.5. The van der Waals surface area contributed by atoms with E-state index in [1.54, 1.807) is 12.1 Å². The molecule has 2 aromatic carbocycles. The summed E-state index contributed by atoms with van der Waals surface area (Å²) in [5, 5.41) is 0. The van der Waals surface area contributed by atoms with Gasteiger partial charge in [0.05, 0.1) is 12.6 Å². The van der Waals surface area contributed by atoms with Gasteiger partial charge in [-0.3, -0.25) is 4.79 Å². The van der Waals surface area contributed by atoms with E-state index in [1.165, 1.54) is 35.2 Å². The number of ether oxygens (including phenoxy) is 1. The molecule has 2 heterocycles. The number of carbonyl (C=O) groups excluding carboxylic acids is 1. The second-order valence-corrected chi connectivity index (χ2v) is 11.1. The van der Waals surface area contributed by atoms with Crippen molar-refractivity contribution in [1.82, 2.24) is 9.62 Å². The molecule has 0 bridgehead atoms. The monoisotopic (exact) mass is 512 g/mol. The lowest BCUT2D eigenvalue weighted by Crippen LogP contribution is -2.53. The Morgan fingerprint density at radius 1 is 1.17 bits per heavy atom. The molecule has 3 fully saturated rings. The first-order valence-corrected chi connectivity index (χ1v) is 12.9. The molecule has 2 aromatic rings. The molecule has 1 amide bonds. The average molecular weight is 513 g/mol. The van der Waals surface area contributed by atoms with Gasteiger partial charge in [0.2, 0.25) is 0 Å². The molecule has 1 spiro atoms. The van der Waals surface area contributed by atoms with E-state index in [-0.39, 0.29) is 30.0 Å². The van der Waals surface area contributed by atoms with Crippen LogP contribution in [0.15, 0.2) is 42.5 Å². The first kappa shape index (κ1) is 24.2. The lowest BCUT2D eigenvalue weighted by atomic mass is 9.91. The van der Waals surface area contributed by atoms with E-state index in [0.29, 0.717) is 31.4 Å². The van der Waals surface area contributed by atoms with Crippen LogP contribution in [0.2, 0.25) is 0 Å². The van der Waals surface area contributed by atoms with E-state index in [4.69, 9.17) is 4.74 Å². The van der Waals surface area contributed by atoms with Crippen LogP contribution in [-0.4, -0.2) is 56.3 Å². The lowest BCUT2D eigenvalue weighted by Gasteiger charge is -2.34. The van der Waals surface area contributed by atoms with E-state index in [2.05, 4.69) is 4.72 Å². The highest BCUT2D eigenvalue weighted by Crippen LogP contribution is 2.56. The number of sulfonamides is 1. The zero-order valence-electron chi connectivity index (χ0n) is 18.6. The number of rotatable bonds is 7. The maximum absolute atomic E-state index is 15.6. The molecule has 5 rings (SSSR count). The fourth-order valence-corrected chi connectivity index (χ4v) is 5.99. The molecule has 1 N–H and O–H groups in total. The smallest absolute Gasteiger partial charge is 0.350 e. The zero-order chi connectivity index (χ0) is 25.0. The van der Waals surface area contributed by atoms with Gasteiger partial charge in [0.1, 0.15) is 17.7 Å². The van der Waals surface area contributed by atoms with Crippen LogP contribution in [0.25, 0.3) is 11.1 Å². The largest absolute Gasteiger partial charge is 0.368 e. The molecule has 1 saturated carbocycles. The van der Waals surface area contributed by atoms with Crippen LogP contribution >= 0.6 is 0 Å². The second kappa shape index (κ2) is 8.86. The number of amides is 1. The Balaban J connectivity index is 1.51. The van der Waals surface area contributed by atoms with Crippen LogP contribution in [0, 0.1) is 17.0 Å². The summed E-state index contributed by atoms with van der Waals surface area (Å²) >= 11 is 0. The standard InChI is InChI=1S/C24H24F4N2O4S/c25-16-5-1-3-14(11-16)17-6-2-4-15(20(17)26)12-18-21(29-35(32,33)23(27)28)24(8-9-24)13-30(18)22(31)19-7-10-34-19/h1-6,11,18-19,21,23,29H,7-10,12-13H2/t18-,19?,21+/m0/s1. The lowest BCUT2D eigenvalue weighted by molar-refractivity contribution is -0.157.